The first-order valence-electron chi connectivity index (χ1n) is 5.82. The Morgan fingerprint density at radius 3 is 2.14 bits per heavy atom. The molecule has 1 heteroatoms. The van der Waals surface area contributed by atoms with E-state index in [2.05, 4.69) is 38.4 Å². The second kappa shape index (κ2) is 8.04. The van der Waals surface area contributed by atoms with Crippen LogP contribution in [-0.2, 0) is 0 Å². The molecular weight excluding hydrogens is 184 g/mol. The van der Waals surface area contributed by atoms with Gasteiger partial charge in [0.2, 0.25) is 0 Å². The molecule has 0 fully saturated rings. The lowest BCUT2D eigenvalue weighted by Gasteiger charge is -2.11. The minimum Gasteiger partial charge on any atom is -0.103 e. The van der Waals surface area contributed by atoms with E-state index in [0.29, 0.717) is 0 Å². The van der Waals surface area contributed by atoms with Crippen LogP contribution in [0.1, 0.15) is 32.1 Å². The van der Waals surface area contributed by atoms with Crippen LogP contribution in [0, 0.1) is 0 Å². The molecule has 0 aliphatic carbocycles. The van der Waals surface area contributed by atoms with Crippen molar-refractivity contribution >= 4 is 8.07 Å². The van der Waals surface area contributed by atoms with Gasteiger partial charge >= 0.3 is 0 Å². The molecule has 0 N–H and O–H groups in total. The van der Waals surface area contributed by atoms with Gasteiger partial charge in [0, 0.05) is 8.07 Å². The molecule has 0 bridgehead atoms. The van der Waals surface area contributed by atoms with E-state index in [1.165, 1.54) is 38.1 Å². The number of rotatable bonds is 8. The van der Waals surface area contributed by atoms with E-state index in [1.807, 2.05) is 6.08 Å². The van der Waals surface area contributed by atoms with Crippen molar-refractivity contribution in [3.05, 3.63) is 24.8 Å². The lowest BCUT2D eigenvalue weighted by atomic mass is 10.1. The Balaban J connectivity index is 3.23. The van der Waals surface area contributed by atoms with Gasteiger partial charge in [0.15, 0.2) is 0 Å². The maximum atomic E-state index is 3.73. The fourth-order valence-electron chi connectivity index (χ4n) is 1.28. The first kappa shape index (κ1) is 13.7. The molecule has 0 rings (SSSR count). The average molecular weight is 210 g/mol. The topological polar surface area (TPSA) is 0 Å². The largest absolute Gasteiger partial charge is 0.103 e. The summed E-state index contributed by atoms with van der Waals surface area (Å²) < 4.78 is 0. The van der Waals surface area contributed by atoms with Gasteiger partial charge in [-0.2, -0.15) is 0 Å². The van der Waals surface area contributed by atoms with Gasteiger partial charge in [-0.1, -0.05) is 44.3 Å². The van der Waals surface area contributed by atoms with E-state index in [0.717, 1.165) is 0 Å². The molecule has 14 heavy (non-hydrogen) atoms. The molecule has 82 valence electrons. The minimum atomic E-state index is -0.838. The third-order valence-corrected chi connectivity index (χ3v) is 3.64. The number of unbranched alkanes of at least 4 members (excludes halogenated alkanes) is 4. The van der Waals surface area contributed by atoms with E-state index in [1.54, 1.807) is 0 Å². The fraction of sp³-hybridized carbons (Fsp3) is 0.692. The normalized spacial score (nSPS) is 12.2. The van der Waals surface area contributed by atoms with Crippen LogP contribution >= 0.6 is 0 Å². The van der Waals surface area contributed by atoms with E-state index in [9.17, 15) is 0 Å². The van der Waals surface area contributed by atoms with Gasteiger partial charge in [-0.25, -0.2) is 0 Å². The number of hydrogen-bond donors (Lipinski definition) is 0. The molecule has 0 saturated carbocycles. The monoisotopic (exact) mass is 210 g/mol. The molecule has 0 aliphatic heterocycles. The van der Waals surface area contributed by atoms with Crippen LogP contribution in [0.3, 0.4) is 0 Å². The molecule has 0 radical (unpaired) electrons. The average Bonchev–Trinajstić information content (AvgIpc) is 2.08. The summed E-state index contributed by atoms with van der Waals surface area (Å²) in [4.78, 5) is 0. The summed E-state index contributed by atoms with van der Waals surface area (Å²) in [6.07, 6.45) is 13.2. The molecule has 0 unspecified atom stereocenters. The summed E-state index contributed by atoms with van der Waals surface area (Å²) in [7, 11) is -0.838. The Morgan fingerprint density at radius 2 is 1.57 bits per heavy atom. The number of hydrogen-bond acceptors (Lipinski definition) is 0. The standard InChI is InChI=1S/C13H26Si/c1-5-6-7-8-9-10-11-12-13-14(2,3)4/h5,11-12H,1,6-10,13H2,2-4H3/b12-11+. The Kier molecular flexibility index (Phi) is 7.87. The Hall–Kier alpha value is -0.303. The molecular formula is C13H26Si. The zero-order valence-electron chi connectivity index (χ0n) is 10.2. The van der Waals surface area contributed by atoms with Crippen molar-refractivity contribution in [3.63, 3.8) is 0 Å². The summed E-state index contributed by atoms with van der Waals surface area (Å²) in [6, 6.07) is 1.33. The molecule has 0 aromatic heterocycles. The highest BCUT2D eigenvalue weighted by atomic mass is 28.3. The van der Waals surface area contributed by atoms with E-state index < -0.39 is 8.07 Å². The van der Waals surface area contributed by atoms with Crippen LogP contribution in [0.2, 0.25) is 25.7 Å². The number of allylic oxidation sites excluding steroid dienone is 3. The Bertz CT molecular complexity index is 163. The predicted molar refractivity (Wildman–Crippen MR) is 70.6 cm³/mol. The highest BCUT2D eigenvalue weighted by Crippen LogP contribution is 2.10. The van der Waals surface area contributed by atoms with Crippen LogP contribution in [0.4, 0.5) is 0 Å². The molecule has 0 aromatic rings. The summed E-state index contributed by atoms with van der Waals surface area (Å²) in [5.74, 6) is 0. The van der Waals surface area contributed by atoms with Crippen LogP contribution in [0.15, 0.2) is 24.8 Å². The predicted octanol–water partition coefficient (Wildman–Crippen LogP) is 5.02. The summed E-state index contributed by atoms with van der Waals surface area (Å²) in [6.45, 7) is 11.0. The van der Waals surface area contributed by atoms with E-state index in [-0.39, 0.29) is 0 Å². The first-order chi connectivity index (χ1) is 6.56. The van der Waals surface area contributed by atoms with Crippen molar-refractivity contribution < 1.29 is 0 Å². The first-order valence-corrected chi connectivity index (χ1v) is 9.53. The summed E-state index contributed by atoms with van der Waals surface area (Å²) in [5, 5.41) is 0. The maximum Gasteiger partial charge on any atom is 0.0480 e. The van der Waals surface area contributed by atoms with Crippen molar-refractivity contribution in [3.8, 4) is 0 Å². The van der Waals surface area contributed by atoms with Gasteiger partial charge in [0.25, 0.3) is 0 Å². The zero-order chi connectivity index (χ0) is 10.9. The second-order valence-corrected chi connectivity index (χ2v) is 10.7. The SMILES string of the molecule is C=CCCCCC/C=C/C[Si](C)(C)C. The van der Waals surface area contributed by atoms with Gasteiger partial charge in [-0.05, 0) is 31.7 Å². The van der Waals surface area contributed by atoms with E-state index >= 15 is 0 Å². The highest BCUT2D eigenvalue weighted by Gasteiger charge is 2.08. The van der Waals surface area contributed by atoms with Crippen LogP contribution < -0.4 is 0 Å². The van der Waals surface area contributed by atoms with Crippen LogP contribution in [0.25, 0.3) is 0 Å². The fourth-order valence-corrected chi connectivity index (χ4v) is 2.16. The van der Waals surface area contributed by atoms with Crippen molar-refractivity contribution in [1.82, 2.24) is 0 Å². The summed E-state index contributed by atoms with van der Waals surface area (Å²) >= 11 is 0. The lowest BCUT2D eigenvalue weighted by molar-refractivity contribution is 0.696. The van der Waals surface area contributed by atoms with Crippen LogP contribution in [-0.4, -0.2) is 8.07 Å². The third-order valence-electron chi connectivity index (χ3n) is 2.18. The van der Waals surface area contributed by atoms with Crippen molar-refractivity contribution in [2.75, 3.05) is 0 Å². The molecule has 0 nitrogen and oxygen atoms in total. The van der Waals surface area contributed by atoms with E-state index in [4.69, 9.17) is 0 Å². The molecule has 0 atom stereocenters. The van der Waals surface area contributed by atoms with Gasteiger partial charge in [-0.15, -0.1) is 6.58 Å². The second-order valence-electron chi connectivity index (χ2n) is 5.16. The van der Waals surface area contributed by atoms with Crippen molar-refractivity contribution in [1.29, 1.82) is 0 Å². The van der Waals surface area contributed by atoms with Crippen molar-refractivity contribution in [2.24, 2.45) is 0 Å². The highest BCUT2D eigenvalue weighted by molar-refractivity contribution is 6.76. The van der Waals surface area contributed by atoms with Crippen molar-refractivity contribution in [2.45, 2.75) is 57.8 Å². The summed E-state index contributed by atoms with van der Waals surface area (Å²) in [5.41, 5.74) is 0. The third kappa shape index (κ3) is 11.7. The van der Waals surface area contributed by atoms with Crippen LogP contribution in [0.5, 0.6) is 0 Å². The lowest BCUT2D eigenvalue weighted by Crippen LogP contribution is -2.17. The minimum absolute atomic E-state index is 0.838. The molecule has 0 heterocycles. The zero-order valence-corrected chi connectivity index (χ0v) is 11.2. The molecule has 0 spiro atoms. The quantitative estimate of drug-likeness (QED) is 0.300. The van der Waals surface area contributed by atoms with Gasteiger partial charge in [0.05, 0.1) is 0 Å². The maximum absolute atomic E-state index is 3.73. The molecule has 0 aliphatic rings. The Labute approximate surface area is 91.1 Å². The molecule has 0 aromatic carbocycles. The smallest absolute Gasteiger partial charge is 0.0480 e. The molecule has 0 saturated heterocycles. The van der Waals surface area contributed by atoms with Gasteiger partial charge in [-0.3, -0.25) is 0 Å². The molecule has 0 amide bonds. The van der Waals surface area contributed by atoms with Gasteiger partial charge < -0.3 is 0 Å². The Morgan fingerprint density at radius 1 is 0.929 bits per heavy atom. The van der Waals surface area contributed by atoms with Gasteiger partial charge in [0.1, 0.15) is 0 Å².